The maximum absolute atomic E-state index is 11.0. The van der Waals surface area contributed by atoms with Crippen molar-refractivity contribution >= 4 is 5.97 Å². The van der Waals surface area contributed by atoms with Crippen LogP contribution >= 0.6 is 0 Å². The van der Waals surface area contributed by atoms with Crippen molar-refractivity contribution < 1.29 is 19.1 Å². The van der Waals surface area contributed by atoms with Crippen molar-refractivity contribution in [3.63, 3.8) is 0 Å². The summed E-state index contributed by atoms with van der Waals surface area (Å²) in [5.74, 6) is 0.558. The fourth-order valence-electron chi connectivity index (χ4n) is 2.16. The van der Waals surface area contributed by atoms with E-state index in [-0.39, 0.29) is 11.7 Å². The molecule has 2 rings (SSSR count). The SMILES string of the molecule is CC(C)OCCCNCc1ccc(-c2cccc(C(=O)O)c2)o1. The lowest BCUT2D eigenvalue weighted by molar-refractivity contribution is 0.0696. The number of hydrogen-bond acceptors (Lipinski definition) is 4. The average Bonchev–Trinajstić information content (AvgIpc) is 2.99. The summed E-state index contributed by atoms with van der Waals surface area (Å²) in [5.41, 5.74) is 1.02. The molecule has 0 saturated carbocycles. The summed E-state index contributed by atoms with van der Waals surface area (Å²) in [7, 11) is 0. The zero-order valence-corrected chi connectivity index (χ0v) is 13.5. The van der Waals surface area contributed by atoms with Crippen LogP contribution in [-0.2, 0) is 11.3 Å². The predicted molar refractivity (Wildman–Crippen MR) is 88.5 cm³/mol. The molecular formula is C18H23NO4. The molecule has 0 aliphatic carbocycles. The summed E-state index contributed by atoms with van der Waals surface area (Å²) in [4.78, 5) is 11.0. The number of benzene rings is 1. The van der Waals surface area contributed by atoms with Crippen LogP contribution in [-0.4, -0.2) is 30.3 Å². The molecule has 1 aromatic carbocycles. The smallest absolute Gasteiger partial charge is 0.335 e. The first-order valence-electron chi connectivity index (χ1n) is 7.81. The van der Waals surface area contributed by atoms with E-state index in [1.807, 2.05) is 32.0 Å². The van der Waals surface area contributed by atoms with Crippen LogP contribution in [0.2, 0.25) is 0 Å². The molecular weight excluding hydrogens is 294 g/mol. The van der Waals surface area contributed by atoms with Gasteiger partial charge in [-0.2, -0.15) is 0 Å². The Labute approximate surface area is 136 Å². The molecule has 124 valence electrons. The van der Waals surface area contributed by atoms with E-state index in [0.717, 1.165) is 30.9 Å². The molecule has 0 amide bonds. The minimum Gasteiger partial charge on any atom is -0.478 e. The van der Waals surface area contributed by atoms with Crippen LogP contribution in [0.4, 0.5) is 0 Å². The van der Waals surface area contributed by atoms with Crippen molar-refractivity contribution in [2.45, 2.75) is 32.9 Å². The highest BCUT2D eigenvalue weighted by molar-refractivity contribution is 5.89. The summed E-state index contributed by atoms with van der Waals surface area (Å²) in [5, 5.41) is 12.3. The molecule has 23 heavy (non-hydrogen) atoms. The van der Waals surface area contributed by atoms with E-state index in [1.165, 1.54) is 0 Å². The van der Waals surface area contributed by atoms with Crippen molar-refractivity contribution in [1.29, 1.82) is 0 Å². The van der Waals surface area contributed by atoms with E-state index in [1.54, 1.807) is 18.2 Å². The fraction of sp³-hybridized carbons (Fsp3) is 0.389. The third-order valence-corrected chi connectivity index (χ3v) is 3.30. The lowest BCUT2D eigenvalue weighted by atomic mass is 10.1. The monoisotopic (exact) mass is 317 g/mol. The number of carboxylic acids is 1. The number of aromatic carboxylic acids is 1. The van der Waals surface area contributed by atoms with Crippen molar-refractivity contribution in [2.75, 3.05) is 13.2 Å². The van der Waals surface area contributed by atoms with Crippen LogP contribution in [0.15, 0.2) is 40.8 Å². The molecule has 5 nitrogen and oxygen atoms in total. The molecule has 1 heterocycles. The van der Waals surface area contributed by atoms with E-state index >= 15 is 0 Å². The maximum Gasteiger partial charge on any atom is 0.335 e. The summed E-state index contributed by atoms with van der Waals surface area (Å²) >= 11 is 0. The van der Waals surface area contributed by atoms with Crippen LogP contribution in [0.1, 0.15) is 36.4 Å². The number of carbonyl (C=O) groups is 1. The van der Waals surface area contributed by atoms with Gasteiger partial charge in [-0.25, -0.2) is 4.79 Å². The van der Waals surface area contributed by atoms with Crippen LogP contribution < -0.4 is 5.32 Å². The summed E-state index contributed by atoms with van der Waals surface area (Å²) in [6, 6.07) is 10.5. The topological polar surface area (TPSA) is 71.7 Å². The van der Waals surface area contributed by atoms with Gasteiger partial charge in [0.05, 0.1) is 18.2 Å². The Morgan fingerprint density at radius 2 is 2.13 bits per heavy atom. The highest BCUT2D eigenvalue weighted by Gasteiger charge is 2.08. The Morgan fingerprint density at radius 1 is 1.30 bits per heavy atom. The fourth-order valence-corrected chi connectivity index (χ4v) is 2.16. The average molecular weight is 317 g/mol. The Kier molecular flexibility index (Phi) is 6.38. The normalized spacial score (nSPS) is 11.1. The first-order valence-corrected chi connectivity index (χ1v) is 7.81. The molecule has 2 aromatic rings. The van der Waals surface area contributed by atoms with Gasteiger partial charge >= 0.3 is 5.97 Å². The van der Waals surface area contributed by atoms with Gasteiger partial charge < -0.3 is 19.6 Å². The number of rotatable bonds is 9. The zero-order valence-electron chi connectivity index (χ0n) is 13.5. The Morgan fingerprint density at radius 3 is 2.87 bits per heavy atom. The minimum atomic E-state index is -0.941. The van der Waals surface area contributed by atoms with Crippen molar-refractivity contribution in [2.24, 2.45) is 0 Å². The summed E-state index contributed by atoms with van der Waals surface area (Å²) in [6.45, 7) is 6.29. The summed E-state index contributed by atoms with van der Waals surface area (Å²) < 4.78 is 11.2. The van der Waals surface area contributed by atoms with Crippen LogP contribution in [0.3, 0.4) is 0 Å². The number of carboxylic acid groups (broad SMARTS) is 1. The molecule has 5 heteroatoms. The van der Waals surface area contributed by atoms with Gasteiger partial charge in [0.25, 0.3) is 0 Å². The molecule has 0 aliphatic heterocycles. The first kappa shape index (κ1) is 17.2. The van der Waals surface area contributed by atoms with Gasteiger partial charge in [0, 0.05) is 12.2 Å². The zero-order chi connectivity index (χ0) is 16.7. The number of hydrogen-bond donors (Lipinski definition) is 2. The highest BCUT2D eigenvalue weighted by atomic mass is 16.5. The van der Waals surface area contributed by atoms with Crippen LogP contribution in [0.25, 0.3) is 11.3 Å². The molecule has 0 fully saturated rings. The molecule has 0 radical (unpaired) electrons. The van der Waals surface area contributed by atoms with Gasteiger partial charge in [0.2, 0.25) is 0 Å². The van der Waals surface area contributed by atoms with Crippen molar-refractivity contribution in [1.82, 2.24) is 5.32 Å². The molecule has 0 atom stereocenters. The van der Waals surface area contributed by atoms with E-state index < -0.39 is 5.97 Å². The standard InChI is InChI=1S/C18H23NO4/c1-13(2)22-10-4-9-19-12-16-7-8-17(23-16)14-5-3-6-15(11-14)18(20)21/h3,5-8,11,13,19H,4,9-10,12H2,1-2H3,(H,20,21). The van der Waals surface area contributed by atoms with Crippen molar-refractivity contribution in [3.8, 4) is 11.3 Å². The second kappa shape index (κ2) is 8.50. The Hall–Kier alpha value is -2.11. The van der Waals surface area contributed by atoms with Crippen molar-refractivity contribution in [3.05, 3.63) is 47.7 Å². The number of nitrogens with one attached hydrogen (secondary N) is 1. The molecule has 0 unspecified atom stereocenters. The molecule has 0 saturated heterocycles. The van der Waals surface area contributed by atoms with E-state index in [2.05, 4.69) is 5.32 Å². The third kappa shape index (κ3) is 5.54. The number of furan rings is 1. The molecule has 2 N–H and O–H groups in total. The van der Waals surface area contributed by atoms with Crippen LogP contribution in [0.5, 0.6) is 0 Å². The maximum atomic E-state index is 11.0. The molecule has 0 aliphatic rings. The van der Waals surface area contributed by atoms with Gasteiger partial charge in [-0.05, 0) is 51.1 Å². The largest absolute Gasteiger partial charge is 0.478 e. The highest BCUT2D eigenvalue weighted by Crippen LogP contribution is 2.23. The Balaban J connectivity index is 1.84. The molecule has 0 bridgehead atoms. The quantitative estimate of drug-likeness (QED) is 0.692. The van der Waals surface area contributed by atoms with Gasteiger partial charge in [-0.3, -0.25) is 0 Å². The van der Waals surface area contributed by atoms with Crippen LogP contribution in [0, 0.1) is 0 Å². The summed E-state index contributed by atoms with van der Waals surface area (Å²) in [6.07, 6.45) is 1.22. The van der Waals surface area contributed by atoms with Gasteiger partial charge in [-0.1, -0.05) is 12.1 Å². The van der Waals surface area contributed by atoms with E-state index in [4.69, 9.17) is 14.3 Å². The third-order valence-electron chi connectivity index (χ3n) is 3.30. The molecule has 1 aromatic heterocycles. The van der Waals surface area contributed by atoms with Gasteiger partial charge in [-0.15, -0.1) is 0 Å². The molecule has 0 spiro atoms. The van der Waals surface area contributed by atoms with E-state index in [0.29, 0.717) is 12.3 Å². The predicted octanol–water partition coefficient (Wildman–Crippen LogP) is 3.55. The number of ether oxygens (including phenoxy) is 1. The lowest BCUT2D eigenvalue weighted by Gasteiger charge is -2.07. The van der Waals surface area contributed by atoms with E-state index in [9.17, 15) is 4.79 Å². The first-order chi connectivity index (χ1) is 11.1. The van der Waals surface area contributed by atoms with Gasteiger partial charge in [0.1, 0.15) is 11.5 Å². The second-order valence-corrected chi connectivity index (χ2v) is 5.60. The lowest BCUT2D eigenvalue weighted by Crippen LogP contribution is -2.17. The second-order valence-electron chi connectivity index (χ2n) is 5.60. The minimum absolute atomic E-state index is 0.253. The van der Waals surface area contributed by atoms with Gasteiger partial charge in [0.15, 0.2) is 0 Å². The Bertz CT molecular complexity index is 633.